The Hall–Kier alpha value is -2.44. The first-order valence-electron chi connectivity index (χ1n) is 6.43. The van der Waals surface area contributed by atoms with Crippen molar-refractivity contribution in [3.8, 4) is 0 Å². The van der Waals surface area contributed by atoms with E-state index in [9.17, 15) is 9.59 Å². The summed E-state index contributed by atoms with van der Waals surface area (Å²) in [5.74, 6) is -1.26. The van der Waals surface area contributed by atoms with E-state index in [2.05, 4.69) is 10.2 Å². The Morgan fingerprint density at radius 3 is 2.85 bits per heavy atom. The van der Waals surface area contributed by atoms with E-state index in [1.54, 1.807) is 22.7 Å². The largest absolute Gasteiger partial charge is 0.480 e. The van der Waals surface area contributed by atoms with Crippen LogP contribution in [0, 0.1) is 0 Å². The third kappa shape index (κ3) is 2.11. The highest BCUT2D eigenvalue weighted by atomic mass is 16.4. The van der Waals surface area contributed by atoms with E-state index in [1.165, 1.54) is 18.2 Å². The molecule has 0 saturated heterocycles. The van der Waals surface area contributed by atoms with Gasteiger partial charge in [0.2, 0.25) is 0 Å². The second-order valence-corrected chi connectivity index (χ2v) is 4.97. The predicted molar refractivity (Wildman–Crippen MR) is 69.3 cm³/mol. The third-order valence-electron chi connectivity index (χ3n) is 3.49. The number of pyridine rings is 1. The van der Waals surface area contributed by atoms with E-state index in [-0.39, 0.29) is 11.9 Å². The summed E-state index contributed by atoms with van der Waals surface area (Å²) >= 11 is 0. The zero-order chi connectivity index (χ0) is 14.3. The Morgan fingerprint density at radius 2 is 2.20 bits per heavy atom. The van der Waals surface area contributed by atoms with Crippen LogP contribution in [-0.4, -0.2) is 48.6 Å². The van der Waals surface area contributed by atoms with Crippen LogP contribution < -0.4 is 0 Å². The van der Waals surface area contributed by atoms with Crippen LogP contribution in [0.3, 0.4) is 0 Å². The van der Waals surface area contributed by atoms with Crippen LogP contribution in [0.2, 0.25) is 0 Å². The maximum absolute atomic E-state index is 12.5. The predicted octanol–water partition coefficient (Wildman–Crippen LogP) is 0.807. The van der Waals surface area contributed by atoms with Crippen molar-refractivity contribution in [2.45, 2.75) is 31.8 Å². The summed E-state index contributed by atoms with van der Waals surface area (Å²) < 4.78 is 1.64. The molecule has 2 heterocycles. The van der Waals surface area contributed by atoms with Crippen molar-refractivity contribution in [1.82, 2.24) is 19.5 Å². The van der Waals surface area contributed by atoms with E-state index in [0.29, 0.717) is 11.2 Å². The fraction of sp³-hybridized carbons (Fsp3) is 0.385. The van der Waals surface area contributed by atoms with Gasteiger partial charge in [0.15, 0.2) is 5.65 Å². The molecule has 7 heteroatoms. The highest BCUT2D eigenvalue weighted by Crippen LogP contribution is 2.30. The number of amides is 1. The summed E-state index contributed by atoms with van der Waals surface area (Å²) in [5.41, 5.74) is 1.09. The molecule has 2 aromatic rings. The molecule has 3 rings (SSSR count). The second-order valence-electron chi connectivity index (χ2n) is 4.97. The fourth-order valence-corrected chi connectivity index (χ4v) is 2.23. The number of hydrogen-bond donors (Lipinski definition) is 1. The average molecular weight is 274 g/mol. The number of aromatic nitrogens is 3. The molecule has 2 aromatic heterocycles. The van der Waals surface area contributed by atoms with E-state index >= 15 is 0 Å². The molecule has 0 aromatic carbocycles. The number of carboxylic acid groups (broad SMARTS) is 1. The number of rotatable bonds is 4. The highest BCUT2D eigenvalue weighted by molar-refractivity contribution is 5.97. The third-order valence-corrected chi connectivity index (χ3v) is 3.49. The lowest BCUT2D eigenvalue weighted by atomic mass is 10.2. The second kappa shape index (κ2) is 4.59. The van der Waals surface area contributed by atoms with Crippen molar-refractivity contribution < 1.29 is 14.7 Å². The molecule has 1 saturated carbocycles. The molecule has 0 bridgehead atoms. The number of hydrogen-bond acceptors (Lipinski definition) is 4. The maximum Gasteiger partial charge on any atom is 0.326 e. The number of carbonyl (C=O) groups is 2. The van der Waals surface area contributed by atoms with E-state index in [0.717, 1.165) is 12.8 Å². The Bertz CT molecular complexity index is 677. The number of aliphatic carboxylic acids is 1. The van der Waals surface area contributed by atoms with Gasteiger partial charge in [-0.1, -0.05) is 0 Å². The zero-order valence-electron chi connectivity index (χ0n) is 10.9. The minimum Gasteiger partial charge on any atom is -0.480 e. The topological polar surface area (TPSA) is 87.8 Å². The molecule has 1 N–H and O–H groups in total. The molecule has 1 amide bonds. The number of nitrogens with zero attached hydrogens (tertiary/aromatic N) is 4. The smallest absolute Gasteiger partial charge is 0.326 e. The van der Waals surface area contributed by atoms with E-state index in [1.807, 2.05) is 0 Å². The molecule has 20 heavy (non-hydrogen) atoms. The quantitative estimate of drug-likeness (QED) is 0.891. The Labute approximate surface area is 114 Å². The standard InChI is InChI=1S/C13H14N4O3/c1-8(13(19)20)17(10-3-4-10)12(18)9-2-5-11-15-14-7-16(11)6-9/h2,5-8,10H,3-4H2,1H3,(H,19,20). The molecule has 7 nitrogen and oxygen atoms in total. The Kier molecular flexibility index (Phi) is 2.89. The van der Waals surface area contributed by atoms with Gasteiger partial charge in [0.05, 0.1) is 5.56 Å². The van der Waals surface area contributed by atoms with Crippen molar-refractivity contribution >= 4 is 17.5 Å². The summed E-state index contributed by atoms with van der Waals surface area (Å²) in [4.78, 5) is 25.2. The Morgan fingerprint density at radius 1 is 1.45 bits per heavy atom. The van der Waals surface area contributed by atoms with Crippen molar-refractivity contribution in [3.05, 3.63) is 30.2 Å². The van der Waals surface area contributed by atoms with E-state index in [4.69, 9.17) is 5.11 Å². The van der Waals surface area contributed by atoms with Gasteiger partial charge in [-0.05, 0) is 31.9 Å². The normalized spacial score (nSPS) is 16.1. The first-order chi connectivity index (χ1) is 9.58. The SMILES string of the molecule is CC(C(=O)O)N(C(=O)c1ccc2nncn2c1)C1CC1. The van der Waals surface area contributed by atoms with Crippen LogP contribution in [-0.2, 0) is 4.79 Å². The zero-order valence-corrected chi connectivity index (χ0v) is 10.9. The maximum atomic E-state index is 12.5. The fourth-order valence-electron chi connectivity index (χ4n) is 2.23. The van der Waals surface area contributed by atoms with Gasteiger partial charge in [0.25, 0.3) is 5.91 Å². The molecule has 0 radical (unpaired) electrons. The lowest BCUT2D eigenvalue weighted by Crippen LogP contribution is -2.44. The average Bonchev–Trinajstić information content (AvgIpc) is 3.14. The van der Waals surface area contributed by atoms with Crippen LogP contribution in [0.1, 0.15) is 30.1 Å². The summed E-state index contributed by atoms with van der Waals surface area (Å²) in [6, 6.07) is 2.55. The number of carbonyl (C=O) groups excluding carboxylic acids is 1. The first kappa shape index (κ1) is 12.6. The molecular formula is C13H14N4O3. The minimum atomic E-state index is -0.990. The highest BCUT2D eigenvalue weighted by Gasteiger charge is 2.38. The summed E-state index contributed by atoms with van der Waals surface area (Å²) in [6.07, 6.45) is 4.85. The molecule has 104 valence electrons. The first-order valence-corrected chi connectivity index (χ1v) is 6.43. The molecule has 1 fully saturated rings. The van der Waals surface area contributed by atoms with Gasteiger partial charge in [-0.2, -0.15) is 0 Å². The number of carboxylic acids is 1. The van der Waals surface area contributed by atoms with Crippen molar-refractivity contribution in [3.63, 3.8) is 0 Å². The summed E-state index contributed by atoms with van der Waals surface area (Å²) in [6.45, 7) is 1.54. The minimum absolute atomic E-state index is 0.0326. The van der Waals surface area contributed by atoms with Crippen LogP contribution >= 0.6 is 0 Å². The van der Waals surface area contributed by atoms with Crippen molar-refractivity contribution in [2.24, 2.45) is 0 Å². The molecule has 0 spiro atoms. The van der Waals surface area contributed by atoms with E-state index < -0.39 is 12.0 Å². The van der Waals surface area contributed by atoms with Crippen LogP contribution in [0.4, 0.5) is 0 Å². The van der Waals surface area contributed by atoms with Gasteiger partial charge >= 0.3 is 5.97 Å². The summed E-state index contributed by atoms with van der Waals surface area (Å²) in [5, 5.41) is 16.8. The van der Waals surface area contributed by atoms with Crippen LogP contribution in [0.25, 0.3) is 5.65 Å². The molecule has 1 atom stereocenters. The van der Waals surface area contributed by atoms with Gasteiger partial charge in [0, 0.05) is 12.2 Å². The Balaban J connectivity index is 1.94. The van der Waals surface area contributed by atoms with Gasteiger partial charge < -0.3 is 10.0 Å². The molecule has 1 unspecified atom stereocenters. The van der Waals surface area contributed by atoms with Crippen molar-refractivity contribution in [1.29, 1.82) is 0 Å². The molecule has 1 aliphatic rings. The lowest BCUT2D eigenvalue weighted by molar-refractivity contribution is -0.141. The molecule has 1 aliphatic carbocycles. The lowest BCUT2D eigenvalue weighted by Gasteiger charge is -2.26. The number of fused-ring (bicyclic) bond motifs is 1. The summed E-state index contributed by atoms with van der Waals surface area (Å²) in [7, 11) is 0. The van der Waals surface area contributed by atoms with Crippen LogP contribution in [0.5, 0.6) is 0 Å². The monoisotopic (exact) mass is 274 g/mol. The van der Waals surface area contributed by atoms with Crippen molar-refractivity contribution in [2.75, 3.05) is 0 Å². The van der Waals surface area contributed by atoms with Crippen LogP contribution in [0.15, 0.2) is 24.7 Å². The molecular weight excluding hydrogens is 260 g/mol. The van der Waals surface area contributed by atoms with Gasteiger partial charge in [-0.3, -0.25) is 9.20 Å². The van der Waals surface area contributed by atoms with Gasteiger partial charge in [-0.15, -0.1) is 10.2 Å². The van der Waals surface area contributed by atoms with Gasteiger partial charge in [0.1, 0.15) is 12.4 Å². The molecule has 0 aliphatic heterocycles. The van der Waals surface area contributed by atoms with Gasteiger partial charge in [-0.25, -0.2) is 4.79 Å².